The first-order chi connectivity index (χ1) is 20.8. The molecule has 0 bridgehead atoms. The zero-order valence-corrected chi connectivity index (χ0v) is 24.2. The number of rotatable bonds is 7. The lowest BCUT2D eigenvalue weighted by atomic mass is 9.96. The molecule has 0 aromatic heterocycles. The Morgan fingerprint density at radius 3 is 2.21 bits per heavy atom. The highest BCUT2D eigenvalue weighted by molar-refractivity contribution is 5.58. The zero-order chi connectivity index (χ0) is 29.7. The fourth-order valence-electron chi connectivity index (χ4n) is 8.00. The first-order valence-corrected chi connectivity index (χ1v) is 15.5. The molecule has 1 aliphatic carbocycles. The van der Waals surface area contributed by atoms with Crippen LogP contribution in [0.3, 0.4) is 0 Å². The monoisotopic (exact) mass is 588 g/mol. The number of fused-ring (bicyclic) bond motifs is 2. The molecule has 1 saturated carbocycles. The van der Waals surface area contributed by atoms with Gasteiger partial charge in [-0.1, -0.05) is 48.5 Å². The maximum Gasteiger partial charge on any atom is 0.138 e. The first kappa shape index (κ1) is 28.9. The van der Waals surface area contributed by atoms with E-state index in [-0.39, 0.29) is 5.82 Å². The summed E-state index contributed by atoms with van der Waals surface area (Å²) in [6.07, 6.45) is -0.758. The lowest BCUT2D eigenvalue weighted by Crippen LogP contribution is -2.57. The van der Waals surface area contributed by atoms with Crippen molar-refractivity contribution in [1.29, 1.82) is 0 Å². The highest BCUT2D eigenvalue weighted by Crippen LogP contribution is 2.47. The van der Waals surface area contributed by atoms with Crippen LogP contribution in [0.2, 0.25) is 0 Å². The molecule has 43 heavy (non-hydrogen) atoms. The maximum absolute atomic E-state index is 13.3. The summed E-state index contributed by atoms with van der Waals surface area (Å²) in [5, 5.41) is 48.7. The van der Waals surface area contributed by atoms with Crippen LogP contribution in [-0.4, -0.2) is 61.8 Å². The average Bonchev–Trinajstić information content (AvgIpc) is 3.64. The van der Waals surface area contributed by atoms with Gasteiger partial charge in [0.15, 0.2) is 0 Å². The summed E-state index contributed by atoms with van der Waals surface area (Å²) in [6.45, 7) is 3.74. The van der Waals surface area contributed by atoms with Crippen molar-refractivity contribution in [2.24, 2.45) is 11.8 Å². The number of likely N-dealkylation sites (tertiary alicyclic amines) is 1. The lowest BCUT2D eigenvalue weighted by Gasteiger charge is -2.40. The predicted molar refractivity (Wildman–Crippen MR) is 161 cm³/mol. The van der Waals surface area contributed by atoms with Gasteiger partial charge in [-0.3, -0.25) is 10.2 Å². The van der Waals surface area contributed by atoms with E-state index in [1.165, 1.54) is 28.9 Å². The van der Waals surface area contributed by atoms with E-state index in [9.17, 15) is 24.8 Å². The zero-order valence-electron chi connectivity index (χ0n) is 24.2. The molecule has 8 nitrogen and oxygen atoms in total. The van der Waals surface area contributed by atoms with Crippen LogP contribution in [0.15, 0.2) is 66.7 Å². The Labute approximate surface area is 251 Å². The van der Waals surface area contributed by atoms with Crippen molar-refractivity contribution in [3.05, 3.63) is 100 Å². The van der Waals surface area contributed by atoms with E-state index < -0.39 is 31.0 Å². The summed E-state index contributed by atoms with van der Waals surface area (Å²) in [5.74, 6) is 1.80. The molecule has 7 rings (SSSR count). The smallest absolute Gasteiger partial charge is 0.138 e. The molecule has 3 aromatic carbocycles. The van der Waals surface area contributed by atoms with E-state index in [1.54, 1.807) is 18.2 Å². The van der Waals surface area contributed by atoms with Gasteiger partial charge < -0.3 is 25.7 Å². The average molecular weight is 589 g/mol. The first-order valence-electron chi connectivity index (χ1n) is 15.5. The Hall–Kier alpha value is -2.89. The fraction of sp³-hybridized carbons (Fsp3) is 0.471. The van der Waals surface area contributed by atoms with E-state index in [1.807, 2.05) is 24.3 Å². The number of halogens is 1. The summed E-state index contributed by atoms with van der Waals surface area (Å²) >= 11 is 0. The second-order valence-electron chi connectivity index (χ2n) is 12.9. The molecule has 0 amide bonds. The van der Waals surface area contributed by atoms with Crippen molar-refractivity contribution in [2.45, 2.75) is 75.6 Å². The highest BCUT2D eigenvalue weighted by atomic mass is 19.1. The third-order valence-corrected chi connectivity index (χ3v) is 10.2. The molecule has 3 fully saturated rings. The third-order valence-electron chi connectivity index (χ3n) is 10.2. The van der Waals surface area contributed by atoms with Gasteiger partial charge in [-0.05, 0) is 78.3 Å². The number of anilines is 1. The number of benzene rings is 3. The quantitative estimate of drug-likeness (QED) is 0.248. The summed E-state index contributed by atoms with van der Waals surface area (Å²) < 4.78 is 13.3. The lowest BCUT2D eigenvalue weighted by molar-refractivity contribution is -0.158. The van der Waals surface area contributed by atoms with Gasteiger partial charge in [0.1, 0.15) is 30.7 Å². The van der Waals surface area contributed by atoms with Gasteiger partial charge >= 0.3 is 0 Å². The Kier molecular flexibility index (Phi) is 7.98. The minimum atomic E-state index is -1.08. The van der Waals surface area contributed by atoms with Gasteiger partial charge in [0.25, 0.3) is 0 Å². The highest BCUT2D eigenvalue weighted by Gasteiger charge is 2.46. The van der Waals surface area contributed by atoms with Crippen LogP contribution in [0.1, 0.15) is 71.9 Å². The van der Waals surface area contributed by atoms with Crippen LogP contribution < -0.4 is 10.6 Å². The van der Waals surface area contributed by atoms with Gasteiger partial charge in [0.2, 0.25) is 0 Å². The van der Waals surface area contributed by atoms with E-state index in [0.717, 1.165) is 30.9 Å². The number of nitrogens with one attached hydrogen (secondary N) is 2. The van der Waals surface area contributed by atoms with Crippen LogP contribution in [-0.2, 0) is 13.1 Å². The molecule has 7 unspecified atom stereocenters. The van der Waals surface area contributed by atoms with Crippen molar-refractivity contribution in [3.63, 3.8) is 0 Å². The van der Waals surface area contributed by atoms with Crippen molar-refractivity contribution in [2.75, 3.05) is 18.4 Å². The van der Waals surface area contributed by atoms with Crippen LogP contribution in [0.5, 0.6) is 0 Å². The van der Waals surface area contributed by atoms with E-state index in [0.29, 0.717) is 48.3 Å². The minimum Gasteiger partial charge on any atom is -0.381 e. The second-order valence-corrected chi connectivity index (χ2v) is 12.9. The summed E-state index contributed by atoms with van der Waals surface area (Å²) in [5.41, 5.74) is 5.66. The van der Waals surface area contributed by atoms with Gasteiger partial charge in [0.05, 0.1) is 6.04 Å². The number of aliphatic hydroxyl groups is 4. The van der Waals surface area contributed by atoms with Crippen LogP contribution in [0.4, 0.5) is 10.1 Å². The van der Waals surface area contributed by atoms with Crippen molar-refractivity contribution in [3.8, 4) is 0 Å². The largest absolute Gasteiger partial charge is 0.381 e. The summed E-state index contributed by atoms with van der Waals surface area (Å²) in [6, 6.07) is 20.7. The summed E-state index contributed by atoms with van der Waals surface area (Å²) in [7, 11) is 0. The number of piperidine rings is 1. The summed E-state index contributed by atoms with van der Waals surface area (Å²) in [4.78, 5) is 4.08. The molecule has 2 saturated heterocycles. The number of hydrogen-bond donors (Lipinski definition) is 6. The van der Waals surface area contributed by atoms with E-state index in [2.05, 4.69) is 39.8 Å². The SMILES string of the molecule is OC1CCC(N2C(O)c3cccc(NCc4ccc(CN5CC6CC(c7ccc(F)cc7)CC6C5)cc4)c3C2O)C(O)N1. The van der Waals surface area contributed by atoms with Crippen molar-refractivity contribution < 1.29 is 24.8 Å². The second kappa shape index (κ2) is 11.9. The third kappa shape index (κ3) is 5.71. The van der Waals surface area contributed by atoms with Gasteiger partial charge in [-0.25, -0.2) is 9.29 Å². The van der Waals surface area contributed by atoms with Gasteiger partial charge in [0, 0.05) is 43.0 Å². The molecule has 0 radical (unpaired) electrons. The standard InChI is InChI=1S/C34H41FN4O4/c35-26-10-8-22(9-11-26)23-14-24-18-38(19-25(24)15-23)17-21-6-4-20(5-7-21)16-36-28-3-1-2-27-31(28)34(43)39(33(27)42)29-12-13-30(40)37-32(29)41/h1-11,23-25,29-30,32-34,36-37,40-43H,12-19H2. The number of hydrogen-bond acceptors (Lipinski definition) is 8. The van der Waals surface area contributed by atoms with Crippen molar-refractivity contribution >= 4 is 5.69 Å². The predicted octanol–water partition coefficient (Wildman–Crippen LogP) is 3.75. The molecule has 4 aliphatic rings. The Bertz CT molecular complexity index is 1410. The topological polar surface area (TPSA) is 111 Å². The Balaban J connectivity index is 0.939. The van der Waals surface area contributed by atoms with Gasteiger partial charge in [-0.2, -0.15) is 0 Å². The normalized spacial score (nSPS) is 32.6. The molecule has 6 N–H and O–H groups in total. The molecular weight excluding hydrogens is 547 g/mol. The Morgan fingerprint density at radius 1 is 0.814 bits per heavy atom. The van der Waals surface area contributed by atoms with Crippen molar-refractivity contribution in [1.82, 2.24) is 15.1 Å². The molecule has 9 heteroatoms. The molecule has 7 atom stereocenters. The molecule has 0 spiro atoms. The number of aliphatic hydroxyl groups excluding tert-OH is 4. The molecule has 3 aliphatic heterocycles. The molecular formula is C34H41FN4O4. The number of nitrogens with zero attached hydrogens (tertiary/aromatic N) is 2. The maximum atomic E-state index is 13.3. The van der Waals surface area contributed by atoms with Crippen LogP contribution in [0.25, 0.3) is 0 Å². The fourth-order valence-corrected chi connectivity index (χ4v) is 8.00. The molecule has 3 heterocycles. The van der Waals surface area contributed by atoms with Crippen LogP contribution in [0, 0.1) is 17.7 Å². The minimum absolute atomic E-state index is 0.166. The van der Waals surface area contributed by atoms with E-state index in [4.69, 9.17) is 0 Å². The Morgan fingerprint density at radius 2 is 1.51 bits per heavy atom. The molecule has 228 valence electrons. The van der Waals surface area contributed by atoms with E-state index >= 15 is 0 Å². The molecule has 3 aromatic rings. The van der Waals surface area contributed by atoms with Crippen LogP contribution >= 0.6 is 0 Å². The van der Waals surface area contributed by atoms with Gasteiger partial charge in [-0.15, -0.1) is 0 Å².